The zero-order chi connectivity index (χ0) is 21.7. The van der Waals surface area contributed by atoms with Crippen LogP contribution in [0.2, 0.25) is 0 Å². The smallest absolute Gasteiger partial charge is 0.261 e. The minimum atomic E-state index is -3.88. The Hall–Kier alpha value is -3.20. The maximum atomic E-state index is 13.0. The monoisotopic (exact) mass is 431 g/mol. The Morgan fingerprint density at radius 1 is 1.13 bits per heavy atom. The predicted molar refractivity (Wildman–Crippen MR) is 111 cm³/mol. The normalized spacial score (nSPS) is 16.2. The molecule has 2 amide bonds. The van der Waals surface area contributed by atoms with Gasteiger partial charge in [-0.3, -0.25) is 14.3 Å². The van der Waals surface area contributed by atoms with Crippen LogP contribution in [0.5, 0.6) is 0 Å². The highest BCUT2D eigenvalue weighted by Gasteiger charge is 2.34. The van der Waals surface area contributed by atoms with Crippen molar-refractivity contribution in [2.75, 3.05) is 17.8 Å². The van der Waals surface area contributed by atoms with E-state index in [4.69, 9.17) is 0 Å². The lowest BCUT2D eigenvalue weighted by Crippen LogP contribution is -2.46. The van der Waals surface area contributed by atoms with Gasteiger partial charge in [0.15, 0.2) is 0 Å². The molecule has 3 rings (SSSR count). The van der Waals surface area contributed by atoms with Crippen molar-refractivity contribution in [2.45, 2.75) is 23.8 Å². The molecule has 0 saturated carbocycles. The van der Waals surface area contributed by atoms with Crippen molar-refractivity contribution in [3.8, 4) is 0 Å². The molecule has 1 aliphatic heterocycles. The molecular weight excluding hydrogens is 409 g/mol. The van der Waals surface area contributed by atoms with Crippen molar-refractivity contribution in [1.82, 2.24) is 10.2 Å². The molecule has 0 radical (unpaired) electrons. The van der Waals surface area contributed by atoms with Gasteiger partial charge in [-0.05, 0) is 61.4 Å². The van der Waals surface area contributed by atoms with E-state index in [0.717, 1.165) is 18.6 Å². The number of likely N-dealkylation sites (tertiary alicyclic amines) is 1. The molecule has 2 aromatic carbocycles. The second-order valence-electron chi connectivity index (χ2n) is 6.83. The summed E-state index contributed by atoms with van der Waals surface area (Å²) in [6.45, 7) is 4.37. The van der Waals surface area contributed by atoms with Crippen LogP contribution < -0.4 is 10.0 Å². The van der Waals surface area contributed by atoms with Gasteiger partial charge in [0.2, 0.25) is 5.91 Å². The van der Waals surface area contributed by atoms with Crippen LogP contribution in [0.4, 0.5) is 10.1 Å². The molecule has 0 aliphatic carbocycles. The highest BCUT2D eigenvalue weighted by Crippen LogP contribution is 2.22. The number of carbonyl (C=O) groups excluding carboxylic acids is 2. The largest absolute Gasteiger partial charge is 0.351 e. The van der Waals surface area contributed by atoms with E-state index < -0.39 is 21.9 Å². The van der Waals surface area contributed by atoms with Crippen molar-refractivity contribution >= 4 is 27.5 Å². The average Bonchev–Trinajstić information content (AvgIpc) is 3.22. The summed E-state index contributed by atoms with van der Waals surface area (Å²) in [4.78, 5) is 26.6. The third-order valence-electron chi connectivity index (χ3n) is 4.74. The Balaban J connectivity index is 1.70. The fourth-order valence-corrected chi connectivity index (χ4v) is 4.31. The third-order valence-corrected chi connectivity index (χ3v) is 6.14. The molecule has 1 aliphatic rings. The van der Waals surface area contributed by atoms with Gasteiger partial charge < -0.3 is 10.2 Å². The second kappa shape index (κ2) is 9.08. The maximum absolute atomic E-state index is 13.0. The zero-order valence-electron chi connectivity index (χ0n) is 16.2. The van der Waals surface area contributed by atoms with E-state index in [-0.39, 0.29) is 22.4 Å². The van der Waals surface area contributed by atoms with Crippen LogP contribution in [0.15, 0.2) is 66.1 Å². The lowest BCUT2D eigenvalue weighted by atomic mass is 10.1. The van der Waals surface area contributed by atoms with Crippen LogP contribution in [0.3, 0.4) is 0 Å². The molecule has 0 unspecified atom stereocenters. The molecule has 30 heavy (non-hydrogen) atoms. The summed E-state index contributed by atoms with van der Waals surface area (Å²) in [7, 11) is -3.88. The number of benzene rings is 2. The average molecular weight is 431 g/mol. The van der Waals surface area contributed by atoms with Crippen LogP contribution in [-0.2, 0) is 14.8 Å². The predicted octanol–water partition coefficient (Wildman–Crippen LogP) is 2.53. The number of hydrogen-bond acceptors (Lipinski definition) is 4. The third kappa shape index (κ3) is 4.85. The first kappa shape index (κ1) is 21.5. The van der Waals surface area contributed by atoms with Crippen molar-refractivity contribution in [2.24, 2.45) is 0 Å². The number of hydrogen-bond donors (Lipinski definition) is 2. The van der Waals surface area contributed by atoms with E-state index in [1.54, 1.807) is 6.08 Å². The van der Waals surface area contributed by atoms with Crippen LogP contribution in [0.1, 0.15) is 23.2 Å². The van der Waals surface area contributed by atoms with E-state index >= 15 is 0 Å². The van der Waals surface area contributed by atoms with Gasteiger partial charge in [-0.25, -0.2) is 12.8 Å². The first-order valence-electron chi connectivity index (χ1n) is 9.40. The number of halogens is 1. The molecule has 1 saturated heterocycles. The minimum Gasteiger partial charge on any atom is -0.351 e. The molecule has 1 fully saturated rings. The van der Waals surface area contributed by atoms with Gasteiger partial charge in [-0.2, -0.15) is 0 Å². The fraction of sp³-hybridized carbons (Fsp3) is 0.238. The topological polar surface area (TPSA) is 95.6 Å². The molecule has 1 heterocycles. The molecule has 0 spiro atoms. The first-order chi connectivity index (χ1) is 14.3. The van der Waals surface area contributed by atoms with E-state index in [1.165, 1.54) is 41.3 Å². The Labute approximate surface area is 174 Å². The Morgan fingerprint density at radius 2 is 1.80 bits per heavy atom. The van der Waals surface area contributed by atoms with Crippen molar-refractivity contribution in [3.63, 3.8) is 0 Å². The highest BCUT2D eigenvalue weighted by atomic mass is 32.2. The van der Waals surface area contributed by atoms with E-state index in [9.17, 15) is 22.4 Å². The second-order valence-corrected chi connectivity index (χ2v) is 8.51. The number of amides is 2. The lowest BCUT2D eigenvalue weighted by Gasteiger charge is -2.24. The van der Waals surface area contributed by atoms with Gasteiger partial charge in [0.1, 0.15) is 11.9 Å². The van der Waals surface area contributed by atoms with E-state index in [0.29, 0.717) is 25.1 Å². The summed E-state index contributed by atoms with van der Waals surface area (Å²) in [5.41, 5.74) is 0.612. The minimum absolute atomic E-state index is 0.0745. The van der Waals surface area contributed by atoms with Gasteiger partial charge in [0.25, 0.3) is 15.9 Å². The lowest BCUT2D eigenvalue weighted by molar-refractivity contribution is -0.124. The molecular formula is C21H22FN3O4S. The maximum Gasteiger partial charge on any atom is 0.261 e. The Morgan fingerprint density at radius 3 is 2.43 bits per heavy atom. The van der Waals surface area contributed by atoms with Gasteiger partial charge in [0.05, 0.1) is 4.90 Å². The quantitative estimate of drug-likeness (QED) is 0.659. The molecule has 0 aromatic heterocycles. The standard InChI is InChI=1S/C21H22FN3O4S/c1-2-13-23-20(26)19-4-3-14-25(19)21(27)15-5-9-17(10-6-15)24-30(28,29)18-11-7-16(22)8-12-18/h2,5-12,19,24H,1,3-4,13-14H2,(H,23,26)/t19-/m1/s1. The number of nitrogens with one attached hydrogen (secondary N) is 2. The van der Waals surface area contributed by atoms with Crippen molar-refractivity contribution in [1.29, 1.82) is 0 Å². The summed E-state index contributed by atoms with van der Waals surface area (Å²) >= 11 is 0. The summed E-state index contributed by atoms with van der Waals surface area (Å²) < 4.78 is 40.2. The van der Waals surface area contributed by atoms with Gasteiger partial charge in [-0.1, -0.05) is 6.08 Å². The van der Waals surface area contributed by atoms with Gasteiger partial charge in [-0.15, -0.1) is 6.58 Å². The number of nitrogens with zero attached hydrogens (tertiary/aromatic N) is 1. The summed E-state index contributed by atoms with van der Waals surface area (Å²) in [5, 5.41) is 2.71. The Bertz CT molecular complexity index is 1040. The highest BCUT2D eigenvalue weighted by molar-refractivity contribution is 7.92. The number of carbonyl (C=O) groups is 2. The Kier molecular flexibility index (Phi) is 6.51. The van der Waals surface area contributed by atoms with Crippen molar-refractivity contribution in [3.05, 3.63) is 72.6 Å². The van der Waals surface area contributed by atoms with E-state index in [1.807, 2.05) is 0 Å². The van der Waals surface area contributed by atoms with Crippen LogP contribution >= 0.6 is 0 Å². The molecule has 158 valence electrons. The summed E-state index contributed by atoms with van der Waals surface area (Å²) in [6.07, 6.45) is 2.89. The number of anilines is 1. The molecule has 2 aromatic rings. The molecule has 2 N–H and O–H groups in total. The first-order valence-corrected chi connectivity index (χ1v) is 10.9. The van der Waals surface area contributed by atoms with Gasteiger partial charge in [0, 0.05) is 24.3 Å². The molecule has 7 nitrogen and oxygen atoms in total. The summed E-state index contributed by atoms with van der Waals surface area (Å²) in [6, 6.07) is 9.87. The summed E-state index contributed by atoms with van der Waals surface area (Å²) in [5.74, 6) is -1.04. The molecule has 9 heteroatoms. The SMILES string of the molecule is C=CCNC(=O)[C@H]1CCCN1C(=O)c1ccc(NS(=O)(=O)c2ccc(F)cc2)cc1. The van der Waals surface area contributed by atoms with Crippen LogP contribution in [0.25, 0.3) is 0 Å². The number of rotatable bonds is 7. The van der Waals surface area contributed by atoms with E-state index in [2.05, 4.69) is 16.6 Å². The zero-order valence-corrected chi connectivity index (χ0v) is 17.0. The molecule has 1 atom stereocenters. The van der Waals surface area contributed by atoms with Crippen LogP contribution in [-0.4, -0.2) is 44.3 Å². The number of sulfonamides is 1. The van der Waals surface area contributed by atoms with Crippen molar-refractivity contribution < 1.29 is 22.4 Å². The van der Waals surface area contributed by atoms with Gasteiger partial charge >= 0.3 is 0 Å². The van der Waals surface area contributed by atoms with Crippen LogP contribution in [0, 0.1) is 5.82 Å². The fourth-order valence-electron chi connectivity index (χ4n) is 3.25. The molecule has 0 bridgehead atoms.